The molecule has 0 bridgehead atoms. The molecule has 1 fully saturated rings. The number of pyridine rings is 1. The number of carbonyl (C=O) groups excluding carboxylic acids is 4. The second kappa shape index (κ2) is 13.2. The first-order chi connectivity index (χ1) is 18.2. The Morgan fingerprint density at radius 3 is 2.42 bits per heavy atom. The average Bonchev–Trinajstić information content (AvgIpc) is 2.93. The molecule has 2 aromatic rings. The van der Waals surface area contributed by atoms with E-state index in [0.717, 1.165) is 0 Å². The van der Waals surface area contributed by atoms with E-state index in [2.05, 4.69) is 15.6 Å². The van der Waals surface area contributed by atoms with Gasteiger partial charge in [-0.25, -0.2) is 9.78 Å². The number of rotatable bonds is 10. The van der Waals surface area contributed by atoms with Crippen molar-refractivity contribution in [1.29, 1.82) is 0 Å². The van der Waals surface area contributed by atoms with Gasteiger partial charge in [0.15, 0.2) is 0 Å². The first-order valence-corrected chi connectivity index (χ1v) is 12.2. The molecule has 1 unspecified atom stereocenters. The third-order valence-corrected chi connectivity index (χ3v) is 5.95. The Hall–Kier alpha value is -4.42. The molecule has 13 nitrogen and oxygen atoms in total. The molecular weight excluding hydrogens is 498 g/mol. The lowest BCUT2D eigenvalue weighted by Crippen LogP contribution is -2.56. The number of aromatic nitrogens is 1. The number of nitrogens with one attached hydrogen (secondary N) is 2. The monoisotopic (exact) mass is 529 g/mol. The quantitative estimate of drug-likeness (QED) is 0.400. The Balaban J connectivity index is 1.75. The predicted molar refractivity (Wildman–Crippen MR) is 135 cm³/mol. The van der Waals surface area contributed by atoms with Gasteiger partial charge < -0.3 is 35.0 Å². The highest BCUT2D eigenvalue weighted by molar-refractivity contribution is 5.99. The number of carboxylic acid groups (broad SMARTS) is 1. The van der Waals surface area contributed by atoms with E-state index in [1.807, 2.05) is 6.07 Å². The number of piperazine rings is 1. The minimum atomic E-state index is -1.20. The molecule has 0 radical (unpaired) electrons. The number of carboxylic acids is 1. The van der Waals surface area contributed by atoms with Gasteiger partial charge in [-0.1, -0.05) is 12.1 Å². The van der Waals surface area contributed by atoms with E-state index in [9.17, 15) is 24.0 Å². The molecule has 3 N–H and O–H groups in total. The third kappa shape index (κ3) is 7.31. The van der Waals surface area contributed by atoms with Crippen molar-refractivity contribution in [2.24, 2.45) is 0 Å². The molecule has 1 aromatic heterocycles. The van der Waals surface area contributed by atoms with Gasteiger partial charge in [0.05, 0.1) is 19.2 Å². The first-order valence-electron chi connectivity index (χ1n) is 12.2. The maximum absolute atomic E-state index is 13.4. The van der Waals surface area contributed by atoms with Crippen LogP contribution in [0.2, 0.25) is 0 Å². The number of para-hydroxylation sites is 1. The molecule has 13 heteroatoms. The van der Waals surface area contributed by atoms with Gasteiger partial charge in [0, 0.05) is 44.1 Å². The maximum atomic E-state index is 13.4. The number of benzene rings is 1. The number of ether oxygens (including phenoxy) is 2. The molecular formula is C25H31N5O8. The molecule has 38 heavy (non-hydrogen) atoms. The van der Waals surface area contributed by atoms with Crippen LogP contribution in [0.4, 0.5) is 4.79 Å². The molecule has 204 valence electrons. The number of amides is 4. The Labute approximate surface area is 219 Å². The fourth-order valence-electron chi connectivity index (χ4n) is 4.00. The smallest absolute Gasteiger partial charge is 0.409 e. The topological polar surface area (TPSA) is 167 Å². The number of methoxy groups -OCH3 is 1. The van der Waals surface area contributed by atoms with E-state index in [0.29, 0.717) is 16.7 Å². The van der Waals surface area contributed by atoms with Crippen molar-refractivity contribution in [3.8, 4) is 5.75 Å². The van der Waals surface area contributed by atoms with Gasteiger partial charge in [0.2, 0.25) is 11.8 Å². The number of aliphatic carboxylic acids is 1. The van der Waals surface area contributed by atoms with E-state index in [1.165, 1.54) is 23.0 Å². The normalized spacial score (nSPS) is 13.9. The lowest BCUT2D eigenvalue weighted by molar-refractivity contribution is -0.138. The minimum Gasteiger partial charge on any atom is -0.496 e. The zero-order chi connectivity index (χ0) is 27.7. The van der Waals surface area contributed by atoms with Gasteiger partial charge in [-0.3, -0.25) is 19.2 Å². The van der Waals surface area contributed by atoms with Crippen LogP contribution in [0.15, 0.2) is 30.3 Å². The van der Waals surface area contributed by atoms with Gasteiger partial charge in [0.25, 0.3) is 5.91 Å². The van der Waals surface area contributed by atoms with Crippen LogP contribution < -0.4 is 15.4 Å². The van der Waals surface area contributed by atoms with Crippen LogP contribution in [0, 0.1) is 0 Å². The maximum Gasteiger partial charge on any atom is 0.409 e. The van der Waals surface area contributed by atoms with Gasteiger partial charge >= 0.3 is 12.1 Å². The Morgan fingerprint density at radius 1 is 1.08 bits per heavy atom. The highest BCUT2D eigenvalue weighted by Gasteiger charge is 2.31. The summed E-state index contributed by atoms with van der Waals surface area (Å²) in [4.78, 5) is 68.8. The molecule has 3 rings (SSSR count). The van der Waals surface area contributed by atoms with E-state index in [4.69, 9.17) is 14.6 Å². The summed E-state index contributed by atoms with van der Waals surface area (Å²) in [7, 11) is 1.47. The average molecular weight is 530 g/mol. The van der Waals surface area contributed by atoms with E-state index in [1.54, 1.807) is 25.1 Å². The summed E-state index contributed by atoms with van der Waals surface area (Å²) in [6, 6.07) is 7.50. The minimum absolute atomic E-state index is 0.0285. The number of hydrogen-bond donors (Lipinski definition) is 3. The van der Waals surface area contributed by atoms with Crippen LogP contribution in [0.5, 0.6) is 5.75 Å². The lowest BCUT2D eigenvalue weighted by Gasteiger charge is -2.36. The molecule has 0 saturated carbocycles. The van der Waals surface area contributed by atoms with Crippen LogP contribution in [0.3, 0.4) is 0 Å². The number of hydrogen-bond acceptors (Lipinski definition) is 8. The molecule has 0 aliphatic carbocycles. The fraction of sp³-hybridized carbons (Fsp3) is 0.440. The van der Waals surface area contributed by atoms with Gasteiger partial charge in [-0.05, 0) is 25.5 Å². The zero-order valence-corrected chi connectivity index (χ0v) is 21.3. The summed E-state index contributed by atoms with van der Waals surface area (Å²) in [6.07, 6.45) is -0.726. The Morgan fingerprint density at radius 2 is 1.76 bits per heavy atom. The van der Waals surface area contributed by atoms with E-state index in [-0.39, 0.29) is 51.3 Å². The summed E-state index contributed by atoms with van der Waals surface area (Å²) in [5.74, 6) is -2.40. The lowest BCUT2D eigenvalue weighted by atomic mass is 10.1. The molecule has 1 aliphatic rings. The highest BCUT2D eigenvalue weighted by Crippen LogP contribution is 2.25. The van der Waals surface area contributed by atoms with E-state index >= 15 is 0 Å². The molecule has 1 aliphatic heterocycles. The van der Waals surface area contributed by atoms with Crippen LogP contribution in [0.1, 0.15) is 30.3 Å². The summed E-state index contributed by atoms with van der Waals surface area (Å²) in [6.45, 7) is 2.34. The summed E-state index contributed by atoms with van der Waals surface area (Å²) < 4.78 is 10.4. The van der Waals surface area contributed by atoms with Crippen molar-refractivity contribution >= 4 is 40.7 Å². The molecule has 4 amide bonds. The van der Waals surface area contributed by atoms with Gasteiger partial charge in [0.1, 0.15) is 24.0 Å². The van der Waals surface area contributed by atoms with Crippen molar-refractivity contribution < 1.29 is 38.6 Å². The SMILES string of the molecule is CCOC(=O)N1CCN(C(=O)C(CCC(=O)NCC(=O)O)NC(=O)c2cc(OC)c3ccccc3n2)CC1. The second-order valence-electron chi connectivity index (χ2n) is 8.47. The third-order valence-electron chi connectivity index (χ3n) is 5.95. The van der Waals surface area contributed by atoms with Crippen LogP contribution in [-0.2, 0) is 19.1 Å². The van der Waals surface area contributed by atoms with Crippen molar-refractivity contribution in [3.05, 3.63) is 36.0 Å². The van der Waals surface area contributed by atoms with Crippen molar-refractivity contribution in [1.82, 2.24) is 25.4 Å². The largest absolute Gasteiger partial charge is 0.496 e. The van der Waals surface area contributed by atoms with Crippen molar-refractivity contribution in [2.45, 2.75) is 25.8 Å². The number of nitrogens with zero attached hydrogens (tertiary/aromatic N) is 3. The number of carbonyl (C=O) groups is 5. The Kier molecular flexibility index (Phi) is 9.79. The summed E-state index contributed by atoms with van der Waals surface area (Å²) in [5, 5.41) is 14.4. The van der Waals surface area contributed by atoms with Crippen molar-refractivity contribution in [2.75, 3.05) is 46.4 Å². The van der Waals surface area contributed by atoms with Crippen LogP contribution in [0.25, 0.3) is 10.9 Å². The molecule has 2 heterocycles. The van der Waals surface area contributed by atoms with Crippen molar-refractivity contribution in [3.63, 3.8) is 0 Å². The summed E-state index contributed by atoms with van der Waals surface area (Å²) >= 11 is 0. The fourth-order valence-corrected chi connectivity index (χ4v) is 4.00. The standard InChI is InChI=1S/C25H31N5O8/c1-3-38-25(36)30-12-10-29(11-13-30)24(35)18(8-9-21(31)26-15-22(32)33)28-23(34)19-14-20(37-2)16-6-4-5-7-17(16)27-19/h4-7,14,18H,3,8-13,15H2,1-2H3,(H,26,31)(H,28,34)(H,32,33). The molecule has 0 spiro atoms. The predicted octanol–water partition coefficient (Wildman–Crippen LogP) is 0.624. The van der Waals surface area contributed by atoms with E-state index < -0.39 is 42.4 Å². The van der Waals surface area contributed by atoms with Crippen LogP contribution >= 0.6 is 0 Å². The summed E-state index contributed by atoms with van der Waals surface area (Å²) in [5.41, 5.74) is 0.559. The first kappa shape index (κ1) is 28.2. The van der Waals surface area contributed by atoms with Gasteiger partial charge in [-0.15, -0.1) is 0 Å². The molecule has 1 aromatic carbocycles. The second-order valence-corrected chi connectivity index (χ2v) is 8.47. The van der Waals surface area contributed by atoms with Gasteiger partial charge in [-0.2, -0.15) is 0 Å². The number of fused-ring (bicyclic) bond motifs is 1. The van der Waals surface area contributed by atoms with Crippen LogP contribution in [-0.4, -0.2) is 102 Å². The zero-order valence-electron chi connectivity index (χ0n) is 21.3. The Bertz CT molecular complexity index is 1200. The molecule has 1 saturated heterocycles. The highest BCUT2D eigenvalue weighted by atomic mass is 16.6. The molecule has 1 atom stereocenters.